The van der Waals surface area contributed by atoms with Gasteiger partial charge in [-0.05, 0) is 61.2 Å². The lowest BCUT2D eigenvalue weighted by molar-refractivity contribution is -0.125. The van der Waals surface area contributed by atoms with Gasteiger partial charge in [-0.2, -0.15) is 0 Å². The molecule has 0 fully saturated rings. The Morgan fingerprint density at radius 1 is 0.900 bits per heavy atom. The number of para-hydroxylation sites is 1. The van der Waals surface area contributed by atoms with E-state index in [1.807, 2.05) is 72.8 Å². The van der Waals surface area contributed by atoms with Crippen molar-refractivity contribution in [3.8, 4) is 11.8 Å². The molecule has 1 aliphatic heterocycles. The molecule has 3 N–H and O–H groups in total. The standard InChI is InChI=1S/C38H46N3O6PS2/c1-3-48(45,46)47-26-11-5-4-10-24-40-38(44)33-20-16-30(17-21-33)29(2)50-49-27-25-39-36(42)22-23-37(43)41-28-34-14-7-6-12-31(34)18-19-32-13-8-9-15-35(32)41/h6-9,12-17,20-21,29H,3-5,10-11,22-28H2,1-2H3,(H,39,42)(H,40,44)(H,45,46). The van der Waals surface area contributed by atoms with E-state index in [9.17, 15) is 23.8 Å². The fourth-order valence-corrected chi connectivity index (χ4v) is 8.01. The Morgan fingerprint density at radius 2 is 1.60 bits per heavy atom. The Labute approximate surface area is 303 Å². The van der Waals surface area contributed by atoms with E-state index >= 15 is 0 Å². The number of hydrogen-bond donors (Lipinski definition) is 3. The van der Waals surface area contributed by atoms with Crippen LogP contribution in [0.25, 0.3) is 0 Å². The van der Waals surface area contributed by atoms with Gasteiger partial charge in [-0.3, -0.25) is 18.9 Å². The molecule has 3 amide bonds. The van der Waals surface area contributed by atoms with Crippen LogP contribution in [0.2, 0.25) is 0 Å². The van der Waals surface area contributed by atoms with Crippen LogP contribution in [0.4, 0.5) is 5.69 Å². The average Bonchev–Trinajstić information content (AvgIpc) is 3.12. The minimum atomic E-state index is -3.41. The summed E-state index contributed by atoms with van der Waals surface area (Å²) in [6.45, 7) is 5.49. The number of fused-ring (bicyclic) bond motifs is 2. The first-order valence-corrected chi connectivity index (χ1v) is 21.2. The molecule has 1 aliphatic rings. The van der Waals surface area contributed by atoms with Gasteiger partial charge in [0.2, 0.25) is 11.8 Å². The average molecular weight is 736 g/mol. The number of carbonyl (C=O) groups excluding carboxylic acids is 3. The molecule has 50 heavy (non-hydrogen) atoms. The van der Waals surface area contributed by atoms with Gasteiger partial charge < -0.3 is 25.0 Å². The number of rotatable bonds is 19. The highest BCUT2D eigenvalue weighted by atomic mass is 33.1. The monoisotopic (exact) mass is 735 g/mol. The maximum absolute atomic E-state index is 13.4. The Hall–Kier alpha value is -3.52. The minimum Gasteiger partial charge on any atom is -0.355 e. The van der Waals surface area contributed by atoms with E-state index < -0.39 is 7.60 Å². The normalized spacial score (nSPS) is 13.7. The summed E-state index contributed by atoms with van der Waals surface area (Å²) in [4.78, 5) is 49.7. The lowest BCUT2D eigenvalue weighted by Crippen LogP contribution is -2.33. The van der Waals surface area contributed by atoms with E-state index in [-0.39, 0.29) is 48.6 Å². The molecule has 2 atom stereocenters. The molecule has 0 spiro atoms. The van der Waals surface area contributed by atoms with Crippen LogP contribution in [-0.4, -0.2) is 54.2 Å². The molecule has 0 saturated carbocycles. The van der Waals surface area contributed by atoms with Crippen molar-refractivity contribution < 1.29 is 28.4 Å². The van der Waals surface area contributed by atoms with E-state index in [1.54, 1.807) is 33.4 Å². The highest BCUT2D eigenvalue weighted by Crippen LogP contribution is 2.41. The van der Waals surface area contributed by atoms with E-state index in [1.165, 1.54) is 0 Å². The summed E-state index contributed by atoms with van der Waals surface area (Å²) in [6.07, 6.45) is 3.66. The third-order valence-electron chi connectivity index (χ3n) is 8.15. The van der Waals surface area contributed by atoms with Gasteiger partial charge in [-0.25, -0.2) is 0 Å². The topological polar surface area (TPSA) is 125 Å². The predicted octanol–water partition coefficient (Wildman–Crippen LogP) is 7.48. The van der Waals surface area contributed by atoms with Crippen molar-refractivity contribution in [3.63, 3.8) is 0 Å². The van der Waals surface area contributed by atoms with Gasteiger partial charge in [0.05, 0.1) is 18.8 Å². The van der Waals surface area contributed by atoms with Crippen LogP contribution in [0.1, 0.15) is 90.2 Å². The van der Waals surface area contributed by atoms with Crippen LogP contribution in [0, 0.1) is 11.8 Å². The van der Waals surface area contributed by atoms with Crippen LogP contribution in [0.5, 0.6) is 0 Å². The molecule has 12 heteroatoms. The Kier molecular flexibility index (Phi) is 16.0. The highest BCUT2D eigenvalue weighted by Gasteiger charge is 2.22. The molecule has 0 radical (unpaired) electrons. The predicted molar refractivity (Wildman–Crippen MR) is 204 cm³/mol. The molecule has 2 unspecified atom stereocenters. The molecule has 0 aromatic heterocycles. The molecule has 3 aromatic rings. The number of benzene rings is 3. The van der Waals surface area contributed by atoms with Crippen LogP contribution >= 0.6 is 29.2 Å². The van der Waals surface area contributed by atoms with Crippen LogP contribution in [0.15, 0.2) is 72.8 Å². The Morgan fingerprint density at radius 3 is 2.38 bits per heavy atom. The van der Waals surface area contributed by atoms with Gasteiger partial charge in [0, 0.05) is 59.8 Å². The van der Waals surface area contributed by atoms with Crippen molar-refractivity contribution in [2.45, 2.75) is 64.2 Å². The Bertz CT molecular complexity index is 1710. The van der Waals surface area contributed by atoms with E-state index in [2.05, 4.69) is 29.4 Å². The summed E-state index contributed by atoms with van der Waals surface area (Å²) in [5, 5.41) is 6.08. The quantitative estimate of drug-likeness (QED) is 0.0501. The molecule has 9 nitrogen and oxygen atoms in total. The van der Waals surface area contributed by atoms with Gasteiger partial charge in [0.25, 0.3) is 5.91 Å². The van der Waals surface area contributed by atoms with Gasteiger partial charge in [-0.15, -0.1) is 0 Å². The summed E-state index contributed by atoms with van der Waals surface area (Å²) in [5.41, 5.74) is 5.15. The third-order valence-corrected chi connectivity index (χ3v) is 12.4. The van der Waals surface area contributed by atoms with Crippen LogP contribution in [0.3, 0.4) is 0 Å². The van der Waals surface area contributed by atoms with Crippen molar-refractivity contribution in [2.75, 3.05) is 36.5 Å². The number of nitrogens with zero attached hydrogens (tertiary/aromatic N) is 1. The zero-order chi connectivity index (χ0) is 35.8. The lowest BCUT2D eigenvalue weighted by atomic mass is 10.0. The van der Waals surface area contributed by atoms with Gasteiger partial charge in [-0.1, -0.05) is 95.7 Å². The zero-order valence-electron chi connectivity index (χ0n) is 28.7. The first kappa shape index (κ1) is 39.3. The molecular formula is C38H46N3O6PS2. The largest absolute Gasteiger partial charge is 0.355 e. The molecule has 0 aliphatic carbocycles. The second-order valence-corrected chi connectivity index (χ2v) is 16.9. The second-order valence-electron chi connectivity index (χ2n) is 11.9. The van der Waals surface area contributed by atoms with Gasteiger partial charge in [0.1, 0.15) is 0 Å². The number of carbonyl (C=O) groups is 3. The maximum Gasteiger partial charge on any atom is 0.327 e. The van der Waals surface area contributed by atoms with Crippen molar-refractivity contribution in [1.82, 2.24) is 10.6 Å². The minimum absolute atomic E-state index is 0.107. The van der Waals surface area contributed by atoms with Crippen LogP contribution < -0.4 is 15.5 Å². The molecule has 0 bridgehead atoms. The first-order valence-electron chi connectivity index (χ1n) is 17.1. The summed E-state index contributed by atoms with van der Waals surface area (Å²) >= 11 is 0. The van der Waals surface area contributed by atoms with Gasteiger partial charge in [0.15, 0.2) is 0 Å². The second kappa shape index (κ2) is 20.4. The van der Waals surface area contributed by atoms with Crippen LogP contribution in [-0.2, 0) is 25.2 Å². The zero-order valence-corrected chi connectivity index (χ0v) is 31.2. The molecular weight excluding hydrogens is 690 g/mol. The molecule has 1 heterocycles. The van der Waals surface area contributed by atoms with Crippen molar-refractivity contribution >= 4 is 52.6 Å². The van der Waals surface area contributed by atoms with Crippen molar-refractivity contribution in [3.05, 3.63) is 101 Å². The fourth-order valence-electron chi connectivity index (χ4n) is 5.18. The van der Waals surface area contributed by atoms with Crippen molar-refractivity contribution in [2.24, 2.45) is 0 Å². The molecule has 4 rings (SSSR count). The van der Waals surface area contributed by atoms with Gasteiger partial charge >= 0.3 is 7.60 Å². The highest BCUT2D eigenvalue weighted by molar-refractivity contribution is 8.76. The Balaban J connectivity index is 1.10. The number of unbranched alkanes of at least 4 members (excludes halogenated alkanes) is 3. The SMILES string of the molecule is CCP(=O)(O)OCCCCCCNC(=O)c1ccc(C(C)SSCCNC(=O)CCC(=O)N2Cc3ccccc3C#Cc3ccccc32)cc1. The summed E-state index contributed by atoms with van der Waals surface area (Å²) in [7, 11) is -0.0377. The molecule has 266 valence electrons. The first-order chi connectivity index (χ1) is 24.2. The van der Waals surface area contributed by atoms with E-state index in [4.69, 9.17) is 4.52 Å². The molecule has 3 aromatic carbocycles. The lowest BCUT2D eigenvalue weighted by Gasteiger charge is -2.26. The number of anilines is 1. The summed E-state index contributed by atoms with van der Waals surface area (Å²) in [5.74, 6) is 6.77. The fraction of sp³-hybridized carbons (Fsp3) is 0.395. The smallest absolute Gasteiger partial charge is 0.327 e. The van der Waals surface area contributed by atoms with E-state index in [0.29, 0.717) is 31.6 Å². The number of hydrogen-bond acceptors (Lipinski definition) is 7. The summed E-state index contributed by atoms with van der Waals surface area (Å²) in [6, 6.07) is 23.1. The van der Waals surface area contributed by atoms with Crippen molar-refractivity contribution in [1.29, 1.82) is 0 Å². The van der Waals surface area contributed by atoms with E-state index in [0.717, 1.165) is 53.0 Å². The number of amides is 3. The molecule has 0 saturated heterocycles. The summed E-state index contributed by atoms with van der Waals surface area (Å²) < 4.78 is 16.5. The third kappa shape index (κ3) is 12.7. The number of nitrogens with one attached hydrogen (secondary N) is 2. The maximum atomic E-state index is 13.4.